The number of hydrogen-bond acceptors (Lipinski definition) is 6. The number of ether oxygens (including phenoxy) is 1. The van der Waals surface area contributed by atoms with E-state index in [4.69, 9.17) is 4.74 Å². The average Bonchev–Trinajstić information content (AvgIpc) is 2.50. The number of nitro groups is 1. The van der Waals surface area contributed by atoms with E-state index in [1.165, 1.54) is 18.2 Å². The number of methoxy groups -OCH3 is 1. The third kappa shape index (κ3) is 4.02. The van der Waals surface area contributed by atoms with Gasteiger partial charge in [0, 0.05) is 12.8 Å². The van der Waals surface area contributed by atoms with E-state index in [9.17, 15) is 18.5 Å². The van der Waals surface area contributed by atoms with Gasteiger partial charge in [0.25, 0.3) is 0 Å². The van der Waals surface area contributed by atoms with Crippen molar-refractivity contribution in [1.82, 2.24) is 0 Å². The fourth-order valence-corrected chi connectivity index (χ4v) is 3.26. The van der Waals surface area contributed by atoms with Crippen LogP contribution in [0.3, 0.4) is 0 Å². The van der Waals surface area contributed by atoms with Gasteiger partial charge in [-0.05, 0) is 42.3 Å². The van der Waals surface area contributed by atoms with Gasteiger partial charge in [0.15, 0.2) is 9.84 Å². The van der Waals surface area contributed by atoms with E-state index in [-0.39, 0.29) is 10.6 Å². The van der Waals surface area contributed by atoms with Crippen molar-refractivity contribution in [1.29, 1.82) is 0 Å². The summed E-state index contributed by atoms with van der Waals surface area (Å²) in [7, 11) is -2.14. The lowest BCUT2D eigenvalue weighted by Crippen LogP contribution is -2.08. The third-order valence-electron chi connectivity index (χ3n) is 3.41. The highest BCUT2D eigenvalue weighted by Gasteiger charge is 2.25. The van der Waals surface area contributed by atoms with Gasteiger partial charge >= 0.3 is 5.69 Å². The molecule has 7 nitrogen and oxygen atoms in total. The molecule has 2 aromatic rings. The van der Waals surface area contributed by atoms with Crippen LogP contribution in [0.25, 0.3) is 0 Å². The van der Waals surface area contributed by atoms with Crippen molar-refractivity contribution in [3.63, 3.8) is 0 Å². The summed E-state index contributed by atoms with van der Waals surface area (Å²) in [6.45, 7) is 2.21. The van der Waals surface area contributed by atoms with Crippen LogP contribution in [0.15, 0.2) is 41.3 Å². The second-order valence-electron chi connectivity index (χ2n) is 5.39. The Bertz CT molecular complexity index is 878. The van der Waals surface area contributed by atoms with Gasteiger partial charge in [-0.3, -0.25) is 10.1 Å². The van der Waals surface area contributed by atoms with Crippen LogP contribution in [-0.2, 0) is 16.4 Å². The number of nitrogens with zero attached hydrogens (tertiary/aromatic N) is 1. The zero-order valence-electron chi connectivity index (χ0n) is 13.6. The summed E-state index contributed by atoms with van der Waals surface area (Å²) in [6.07, 6.45) is 0.949. The summed E-state index contributed by atoms with van der Waals surface area (Å²) in [4.78, 5) is 10.3. The molecule has 0 aliphatic carbocycles. The smallest absolute Gasteiger partial charge is 0.310 e. The monoisotopic (exact) mass is 350 g/mol. The van der Waals surface area contributed by atoms with Gasteiger partial charge in [-0.25, -0.2) is 8.42 Å². The summed E-state index contributed by atoms with van der Waals surface area (Å²) >= 11 is 0. The molecule has 0 aliphatic heterocycles. The summed E-state index contributed by atoms with van der Waals surface area (Å²) in [5.41, 5.74) is 1.57. The molecule has 2 rings (SSSR count). The molecule has 24 heavy (non-hydrogen) atoms. The fraction of sp³-hybridized carbons (Fsp3) is 0.250. The molecule has 0 bridgehead atoms. The normalized spacial score (nSPS) is 11.1. The second-order valence-corrected chi connectivity index (χ2v) is 7.38. The number of hydrogen-bond donors (Lipinski definition) is 1. The average molecular weight is 350 g/mol. The van der Waals surface area contributed by atoms with Crippen molar-refractivity contribution >= 4 is 21.2 Å². The van der Waals surface area contributed by atoms with E-state index in [0.29, 0.717) is 12.3 Å². The number of nitro benzene ring substituents is 1. The van der Waals surface area contributed by atoms with Crippen molar-refractivity contribution in [2.45, 2.75) is 18.4 Å². The van der Waals surface area contributed by atoms with Crippen LogP contribution < -0.4 is 10.1 Å². The van der Waals surface area contributed by atoms with Crippen molar-refractivity contribution in [2.24, 2.45) is 0 Å². The fourth-order valence-electron chi connectivity index (χ4n) is 2.39. The molecule has 0 heterocycles. The zero-order valence-corrected chi connectivity index (χ0v) is 14.4. The Morgan fingerprint density at radius 3 is 2.54 bits per heavy atom. The molecular weight excluding hydrogens is 332 g/mol. The van der Waals surface area contributed by atoms with Crippen LogP contribution >= 0.6 is 0 Å². The van der Waals surface area contributed by atoms with Gasteiger partial charge in [-0.1, -0.05) is 12.1 Å². The maximum Gasteiger partial charge on any atom is 0.310 e. The van der Waals surface area contributed by atoms with Crippen molar-refractivity contribution in [3.05, 3.63) is 57.6 Å². The molecule has 128 valence electrons. The Kier molecular flexibility index (Phi) is 5.08. The highest BCUT2D eigenvalue weighted by molar-refractivity contribution is 7.90. The quantitative estimate of drug-likeness (QED) is 0.635. The molecule has 0 amide bonds. The minimum atomic E-state index is -3.70. The molecule has 0 aliphatic rings. The van der Waals surface area contributed by atoms with Crippen LogP contribution in [0.1, 0.15) is 11.1 Å². The summed E-state index contributed by atoms with van der Waals surface area (Å²) in [6, 6.07) is 9.79. The van der Waals surface area contributed by atoms with Crippen molar-refractivity contribution < 1.29 is 18.1 Å². The summed E-state index contributed by atoms with van der Waals surface area (Å²) < 4.78 is 28.7. The topological polar surface area (TPSA) is 98.5 Å². The molecule has 0 aromatic heterocycles. The molecule has 0 fully saturated rings. The van der Waals surface area contributed by atoms with Crippen LogP contribution in [-0.4, -0.2) is 26.7 Å². The highest BCUT2D eigenvalue weighted by atomic mass is 32.2. The lowest BCUT2D eigenvalue weighted by atomic mass is 10.1. The Balaban J connectivity index is 2.37. The number of benzene rings is 2. The Labute approximate surface area is 140 Å². The van der Waals surface area contributed by atoms with Gasteiger partial charge in [-0.2, -0.15) is 0 Å². The van der Waals surface area contributed by atoms with Crippen LogP contribution in [0.5, 0.6) is 5.75 Å². The molecular formula is C16H18N2O5S. The minimum Gasteiger partial charge on any atom is -0.497 e. The van der Waals surface area contributed by atoms with Crippen molar-refractivity contribution in [3.8, 4) is 5.75 Å². The predicted molar refractivity (Wildman–Crippen MR) is 91.3 cm³/mol. The first-order valence-electron chi connectivity index (χ1n) is 7.08. The first-order chi connectivity index (χ1) is 11.2. The Morgan fingerprint density at radius 1 is 1.25 bits per heavy atom. The summed E-state index contributed by atoms with van der Waals surface area (Å²) in [5, 5.41) is 14.3. The molecule has 0 unspecified atom stereocenters. The first-order valence-corrected chi connectivity index (χ1v) is 8.97. The largest absolute Gasteiger partial charge is 0.497 e. The molecule has 1 N–H and O–H groups in total. The SMILES string of the molecule is COc1cc(C)cc(CNc2cccc(S(C)(=O)=O)c2[N+](=O)[O-])c1. The van der Waals surface area contributed by atoms with Crippen molar-refractivity contribution in [2.75, 3.05) is 18.7 Å². The molecule has 0 atom stereocenters. The molecule has 0 saturated carbocycles. The lowest BCUT2D eigenvalue weighted by molar-refractivity contribution is -0.386. The number of rotatable bonds is 6. The molecule has 0 radical (unpaired) electrons. The number of aryl methyl sites for hydroxylation is 1. The lowest BCUT2D eigenvalue weighted by Gasteiger charge is -2.11. The second kappa shape index (κ2) is 6.88. The Hall–Kier alpha value is -2.61. The van der Waals surface area contributed by atoms with E-state index in [2.05, 4.69) is 5.32 Å². The standard InChI is InChI=1S/C16H18N2O5S/c1-11-7-12(9-13(8-11)23-2)10-17-14-5-4-6-15(24(3,21)22)16(14)18(19)20/h4-9,17H,10H2,1-3H3. The number of para-hydroxylation sites is 1. The molecule has 0 spiro atoms. The van der Waals surface area contributed by atoms with Crippen LogP contribution in [0, 0.1) is 17.0 Å². The maximum absolute atomic E-state index is 11.8. The van der Waals surface area contributed by atoms with Crippen LogP contribution in [0.4, 0.5) is 11.4 Å². The number of sulfone groups is 1. The molecule has 2 aromatic carbocycles. The zero-order chi connectivity index (χ0) is 17.9. The van der Waals surface area contributed by atoms with Gasteiger partial charge in [0.2, 0.25) is 0 Å². The van der Waals surface area contributed by atoms with Gasteiger partial charge < -0.3 is 10.1 Å². The van der Waals surface area contributed by atoms with Gasteiger partial charge in [0.1, 0.15) is 16.3 Å². The minimum absolute atomic E-state index is 0.156. The first kappa shape index (κ1) is 17.7. The van der Waals surface area contributed by atoms with Gasteiger partial charge in [0.05, 0.1) is 12.0 Å². The number of anilines is 1. The molecule has 8 heteroatoms. The Morgan fingerprint density at radius 2 is 1.96 bits per heavy atom. The number of nitrogens with one attached hydrogen (secondary N) is 1. The third-order valence-corrected chi connectivity index (χ3v) is 4.54. The van der Waals surface area contributed by atoms with E-state index < -0.39 is 20.4 Å². The highest BCUT2D eigenvalue weighted by Crippen LogP contribution is 2.32. The van der Waals surface area contributed by atoms with E-state index >= 15 is 0 Å². The van der Waals surface area contributed by atoms with Gasteiger partial charge in [-0.15, -0.1) is 0 Å². The summed E-state index contributed by atoms with van der Waals surface area (Å²) in [5.74, 6) is 0.686. The predicted octanol–water partition coefficient (Wildman–Crippen LogP) is 2.93. The van der Waals surface area contributed by atoms with E-state index in [0.717, 1.165) is 17.4 Å². The molecule has 0 saturated heterocycles. The maximum atomic E-state index is 11.8. The van der Waals surface area contributed by atoms with E-state index in [1.807, 2.05) is 25.1 Å². The van der Waals surface area contributed by atoms with E-state index in [1.54, 1.807) is 7.11 Å². The van der Waals surface area contributed by atoms with Crippen LogP contribution in [0.2, 0.25) is 0 Å².